The van der Waals surface area contributed by atoms with Crippen LogP contribution in [-0.2, 0) is 12.8 Å². The predicted octanol–water partition coefficient (Wildman–Crippen LogP) is 3.63. The van der Waals surface area contributed by atoms with Crippen molar-refractivity contribution in [3.05, 3.63) is 64.4 Å². The van der Waals surface area contributed by atoms with Gasteiger partial charge in [0.2, 0.25) is 0 Å². The quantitative estimate of drug-likeness (QED) is 0.770. The van der Waals surface area contributed by atoms with Crippen LogP contribution >= 0.6 is 15.9 Å². The van der Waals surface area contributed by atoms with Gasteiger partial charge in [0.05, 0.1) is 0 Å². The molecule has 76 valence electrons. The summed E-state index contributed by atoms with van der Waals surface area (Å²) in [5.41, 5.74) is 2.66. The van der Waals surface area contributed by atoms with Crippen molar-refractivity contribution in [3.8, 4) is 0 Å². The van der Waals surface area contributed by atoms with Crippen LogP contribution in [-0.4, -0.2) is 4.98 Å². The van der Waals surface area contributed by atoms with Crippen molar-refractivity contribution in [1.82, 2.24) is 4.98 Å². The first-order valence-corrected chi connectivity index (χ1v) is 5.78. The molecule has 0 saturated heterocycles. The molecule has 0 aliphatic carbocycles. The van der Waals surface area contributed by atoms with Crippen molar-refractivity contribution >= 4 is 15.9 Å². The molecular weight excluding hydrogens is 250 g/mol. The van der Waals surface area contributed by atoms with Gasteiger partial charge in [-0.1, -0.05) is 36.4 Å². The molecule has 0 bridgehead atoms. The Morgan fingerprint density at radius 2 is 1.60 bits per heavy atom. The number of aryl methyl sites for hydroxylation is 2. The highest BCUT2D eigenvalue weighted by atomic mass is 79.9. The molecule has 2 heteroatoms. The number of hydrogen-bond acceptors (Lipinski definition) is 1. The van der Waals surface area contributed by atoms with Crippen LogP contribution in [0.3, 0.4) is 0 Å². The summed E-state index contributed by atoms with van der Waals surface area (Å²) >= 11 is 3.33. The van der Waals surface area contributed by atoms with Gasteiger partial charge in [0.1, 0.15) is 4.60 Å². The summed E-state index contributed by atoms with van der Waals surface area (Å²) in [5.74, 6) is 0. The first kappa shape index (κ1) is 10.4. The van der Waals surface area contributed by atoms with E-state index in [4.69, 9.17) is 0 Å². The zero-order valence-corrected chi connectivity index (χ0v) is 9.94. The second-order valence-electron chi connectivity index (χ2n) is 3.47. The number of halogens is 1. The average molecular weight is 262 g/mol. The lowest BCUT2D eigenvalue weighted by Gasteiger charge is -2.01. The lowest BCUT2D eigenvalue weighted by Crippen LogP contribution is -1.91. The Kier molecular flexibility index (Phi) is 3.51. The Morgan fingerprint density at radius 3 is 2.27 bits per heavy atom. The van der Waals surface area contributed by atoms with Crippen LogP contribution in [0.15, 0.2) is 53.3 Å². The van der Waals surface area contributed by atoms with Crippen LogP contribution in [0.4, 0.5) is 0 Å². The van der Waals surface area contributed by atoms with Gasteiger partial charge in [-0.05, 0) is 46.0 Å². The maximum absolute atomic E-state index is 4.21. The Balaban J connectivity index is 1.96. The number of pyridine rings is 1. The highest BCUT2D eigenvalue weighted by molar-refractivity contribution is 9.10. The molecule has 2 rings (SSSR count). The van der Waals surface area contributed by atoms with E-state index in [0.29, 0.717) is 0 Å². The van der Waals surface area contributed by atoms with Gasteiger partial charge in [-0.2, -0.15) is 0 Å². The standard InChI is InChI=1S/C13H12BrN/c14-13-9-8-12(10-15-13)7-6-11-4-2-1-3-5-11/h1-5,8-10H,6-7H2. The Hall–Kier alpha value is -1.15. The molecule has 2 aromatic rings. The number of aromatic nitrogens is 1. The van der Waals surface area contributed by atoms with E-state index in [1.807, 2.05) is 18.3 Å². The van der Waals surface area contributed by atoms with E-state index >= 15 is 0 Å². The maximum atomic E-state index is 4.21. The number of benzene rings is 1. The van der Waals surface area contributed by atoms with Crippen LogP contribution in [0.5, 0.6) is 0 Å². The third kappa shape index (κ3) is 3.17. The van der Waals surface area contributed by atoms with Crippen molar-refractivity contribution in [1.29, 1.82) is 0 Å². The maximum Gasteiger partial charge on any atom is 0.106 e. The summed E-state index contributed by atoms with van der Waals surface area (Å²) in [4.78, 5) is 4.21. The third-order valence-electron chi connectivity index (χ3n) is 2.33. The van der Waals surface area contributed by atoms with Crippen molar-refractivity contribution in [2.24, 2.45) is 0 Å². The van der Waals surface area contributed by atoms with E-state index in [2.05, 4.69) is 51.2 Å². The van der Waals surface area contributed by atoms with Gasteiger partial charge in [-0.15, -0.1) is 0 Å². The normalized spacial score (nSPS) is 10.2. The van der Waals surface area contributed by atoms with Crippen LogP contribution in [0.1, 0.15) is 11.1 Å². The number of nitrogens with zero attached hydrogens (tertiary/aromatic N) is 1. The van der Waals surface area contributed by atoms with E-state index < -0.39 is 0 Å². The molecule has 0 spiro atoms. The fourth-order valence-corrected chi connectivity index (χ4v) is 1.72. The molecule has 0 N–H and O–H groups in total. The van der Waals surface area contributed by atoms with Gasteiger partial charge >= 0.3 is 0 Å². The summed E-state index contributed by atoms with van der Waals surface area (Å²) in [5, 5.41) is 0. The van der Waals surface area contributed by atoms with Crippen LogP contribution in [0.2, 0.25) is 0 Å². The van der Waals surface area contributed by atoms with Gasteiger partial charge in [0.15, 0.2) is 0 Å². The zero-order chi connectivity index (χ0) is 10.5. The third-order valence-corrected chi connectivity index (χ3v) is 2.80. The van der Waals surface area contributed by atoms with Gasteiger partial charge in [-0.25, -0.2) is 4.98 Å². The van der Waals surface area contributed by atoms with Crippen molar-refractivity contribution < 1.29 is 0 Å². The van der Waals surface area contributed by atoms with E-state index in [1.54, 1.807) is 0 Å². The molecule has 15 heavy (non-hydrogen) atoms. The van der Waals surface area contributed by atoms with Crippen LogP contribution in [0, 0.1) is 0 Å². The first-order chi connectivity index (χ1) is 7.34. The molecule has 0 amide bonds. The molecule has 1 aromatic heterocycles. The highest BCUT2D eigenvalue weighted by Crippen LogP contribution is 2.09. The predicted molar refractivity (Wildman–Crippen MR) is 65.8 cm³/mol. The molecular formula is C13H12BrN. The smallest absolute Gasteiger partial charge is 0.106 e. The fourth-order valence-electron chi connectivity index (χ4n) is 1.49. The van der Waals surface area contributed by atoms with Crippen molar-refractivity contribution in [3.63, 3.8) is 0 Å². The van der Waals surface area contributed by atoms with Crippen LogP contribution < -0.4 is 0 Å². The largest absolute Gasteiger partial charge is 0.249 e. The molecule has 0 aliphatic heterocycles. The summed E-state index contributed by atoms with van der Waals surface area (Å²) in [6.45, 7) is 0. The molecule has 1 aromatic carbocycles. The second kappa shape index (κ2) is 5.08. The molecule has 1 heterocycles. The summed E-state index contributed by atoms with van der Waals surface area (Å²) < 4.78 is 0.894. The first-order valence-electron chi connectivity index (χ1n) is 4.99. The van der Waals surface area contributed by atoms with Gasteiger partial charge in [0.25, 0.3) is 0 Å². The zero-order valence-electron chi connectivity index (χ0n) is 8.36. The molecule has 0 unspecified atom stereocenters. The minimum Gasteiger partial charge on any atom is -0.249 e. The van der Waals surface area contributed by atoms with Gasteiger partial charge < -0.3 is 0 Å². The Morgan fingerprint density at radius 1 is 0.867 bits per heavy atom. The van der Waals surface area contributed by atoms with Gasteiger partial charge in [0, 0.05) is 6.20 Å². The van der Waals surface area contributed by atoms with Crippen LogP contribution in [0.25, 0.3) is 0 Å². The molecule has 1 nitrogen and oxygen atoms in total. The summed E-state index contributed by atoms with van der Waals surface area (Å²) in [6.07, 6.45) is 4.04. The second-order valence-corrected chi connectivity index (χ2v) is 4.29. The average Bonchev–Trinajstić information content (AvgIpc) is 2.30. The molecule has 0 aliphatic rings. The Bertz CT molecular complexity index is 408. The van der Waals surface area contributed by atoms with Crippen molar-refractivity contribution in [2.45, 2.75) is 12.8 Å². The summed E-state index contributed by atoms with van der Waals surface area (Å²) in [6, 6.07) is 14.6. The monoisotopic (exact) mass is 261 g/mol. The number of hydrogen-bond donors (Lipinski definition) is 0. The molecule has 0 radical (unpaired) electrons. The highest BCUT2D eigenvalue weighted by Gasteiger charge is 1.95. The lowest BCUT2D eigenvalue weighted by molar-refractivity contribution is 0.948. The summed E-state index contributed by atoms with van der Waals surface area (Å²) in [7, 11) is 0. The SMILES string of the molecule is Brc1ccc(CCc2ccccc2)cn1. The lowest BCUT2D eigenvalue weighted by atomic mass is 10.1. The Labute approximate surface area is 98.3 Å². The minimum absolute atomic E-state index is 0.894. The van der Waals surface area contributed by atoms with E-state index in [0.717, 1.165) is 17.4 Å². The van der Waals surface area contributed by atoms with E-state index in [9.17, 15) is 0 Å². The topological polar surface area (TPSA) is 12.9 Å². The minimum atomic E-state index is 0.894. The molecule has 0 saturated carbocycles. The number of rotatable bonds is 3. The fraction of sp³-hybridized carbons (Fsp3) is 0.154. The van der Waals surface area contributed by atoms with E-state index in [1.165, 1.54) is 11.1 Å². The van der Waals surface area contributed by atoms with E-state index in [-0.39, 0.29) is 0 Å². The van der Waals surface area contributed by atoms with Crippen molar-refractivity contribution in [2.75, 3.05) is 0 Å². The molecule has 0 fully saturated rings. The molecule has 0 atom stereocenters. The van der Waals surface area contributed by atoms with Gasteiger partial charge in [-0.3, -0.25) is 0 Å².